The number of aryl methyl sites for hydroxylation is 1. The first kappa shape index (κ1) is 14.4. The maximum atomic E-state index is 6.23. The molecule has 3 atom stereocenters. The van der Waals surface area contributed by atoms with E-state index in [0.29, 0.717) is 12.1 Å². The van der Waals surface area contributed by atoms with Gasteiger partial charge in [-0.15, -0.1) is 0 Å². The highest BCUT2D eigenvalue weighted by atomic mass is 16.5. The van der Waals surface area contributed by atoms with Crippen LogP contribution >= 0.6 is 0 Å². The maximum absolute atomic E-state index is 6.23. The minimum absolute atomic E-state index is 0.318. The quantitative estimate of drug-likeness (QED) is 0.867. The molecule has 2 nitrogen and oxygen atoms in total. The first-order valence-electron chi connectivity index (χ1n) is 7.65. The predicted molar refractivity (Wildman–Crippen MR) is 80.7 cm³/mol. The molecular formula is C17H27NO. The topological polar surface area (TPSA) is 21.3 Å². The van der Waals surface area contributed by atoms with Crippen molar-refractivity contribution >= 4 is 0 Å². The summed E-state index contributed by atoms with van der Waals surface area (Å²) in [5, 5.41) is 3.65. The van der Waals surface area contributed by atoms with E-state index in [2.05, 4.69) is 50.4 Å². The molecule has 0 heterocycles. The van der Waals surface area contributed by atoms with Crippen LogP contribution in [0.5, 0.6) is 5.75 Å². The van der Waals surface area contributed by atoms with Crippen molar-refractivity contribution in [1.82, 2.24) is 5.32 Å². The zero-order chi connectivity index (χ0) is 13.7. The third-order valence-corrected chi connectivity index (χ3v) is 4.02. The SMILES string of the molecule is CCCNC1CCC(C)CC1Oc1ccc(C)cc1. The van der Waals surface area contributed by atoms with E-state index in [1.54, 1.807) is 0 Å². The van der Waals surface area contributed by atoms with Crippen LogP contribution in [-0.2, 0) is 0 Å². The van der Waals surface area contributed by atoms with Crippen LogP contribution in [0.25, 0.3) is 0 Å². The van der Waals surface area contributed by atoms with Crippen LogP contribution in [0.2, 0.25) is 0 Å². The lowest BCUT2D eigenvalue weighted by Gasteiger charge is -2.35. The van der Waals surface area contributed by atoms with Gasteiger partial charge in [0.2, 0.25) is 0 Å². The summed E-state index contributed by atoms with van der Waals surface area (Å²) in [7, 11) is 0. The molecule has 2 rings (SSSR count). The molecule has 1 aromatic carbocycles. The molecule has 2 heteroatoms. The lowest BCUT2D eigenvalue weighted by molar-refractivity contribution is 0.0909. The molecule has 1 N–H and O–H groups in total. The van der Waals surface area contributed by atoms with Gasteiger partial charge in [0, 0.05) is 6.04 Å². The van der Waals surface area contributed by atoms with Crippen molar-refractivity contribution in [2.24, 2.45) is 5.92 Å². The van der Waals surface area contributed by atoms with Gasteiger partial charge in [0.15, 0.2) is 0 Å². The molecule has 0 aromatic heterocycles. The standard InChI is InChI=1S/C17H27NO/c1-4-11-18-16-10-7-14(3)12-17(16)19-15-8-5-13(2)6-9-15/h5-6,8-9,14,16-18H,4,7,10-12H2,1-3H3. The number of ether oxygens (including phenoxy) is 1. The Bertz CT molecular complexity index is 371. The van der Waals surface area contributed by atoms with E-state index in [-0.39, 0.29) is 0 Å². The van der Waals surface area contributed by atoms with E-state index in [1.807, 2.05) is 0 Å². The monoisotopic (exact) mass is 261 g/mol. The van der Waals surface area contributed by atoms with Gasteiger partial charge in [-0.1, -0.05) is 31.5 Å². The largest absolute Gasteiger partial charge is 0.489 e. The fourth-order valence-corrected chi connectivity index (χ4v) is 2.81. The van der Waals surface area contributed by atoms with Gasteiger partial charge in [-0.05, 0) is 57.2 Å². The fourth-order valence-electron chi connectivity index (χ4n) is 2.81. The second-order valence-electron chi connectivity index (χ2n) is 5.95. The molecule has 0 spiro atoms. The molecule has 1 aliphatic rings. The van der Waals surface area contributed by atoms with Gasteiger partial charge in [-0.25, -0.2) is 0 Å². The number of benzene rings is 1. The molecular weight excluding hydrogens is 234 g/mol. The van der Waals surface area contributed by atoms with Gasteiger partial charge in [-0.2, -0.15) is 0 Å². The predicted octanol–water partition coefficient (Wildman–Crippen LogP) is 3.93. The highest BCUT2D eigenvalue weighted by molar-refractivity contribution is 5.26. The Balaban J connectivity index is 1.98. The minimum Gasteiger partial charge on any atom is -0.489 e. The van der Waals surface area contributed by atoms with E-state index < -0.39 is 0 Å². The summed E-state index contributed by atoms with van der Waals surface area (Å²) >= 11 is 0. The van der Waals surface area contributed by atoms with Gasteiger partial charge < -0.3 is 10.1 Å². The van der Waals surface area contributed by atoms with Crippen molar-refractivity contribution in [3.63, 3.8) is 0 Å². The summed E-state index contributed by atoms with van der Waals surface area (Å²) in [6, 6.07) is 8.93. The highest BCUT2D eigenvalue weighted by Crippen LogP contribution is 2.28. The molecule has 0 radical (unpaired) electrons. The first-order chi connectivity index (χ1) is 9.19. The molecule has 0 aliphatic heterocycles. The summed E-state index contributed by atoms with van der Waals surface area (Å²) in [5.41, 5.74) is 1.28. The average molecular weight is 261 g/mol. The molecule has 0 amide bonds. The Morgan fingerprint density at radius 1 is 1.21 bits per heavy atom. The van der Waals surface area contributed by atoms with Crippen LogP contribution in [0.15, 0.2) is 24.3 Å². The van der Waals surface area contributed by atoms with E-state index in [4.69, 9.17) is 4.74 Å². The molecule has 19 heavy (non-hydrogen) atoms. The Kier molecular flexibility index (Phi) is 5.26. The Morgan fingerprint density at radius 3 is 2.63 bits per heavy atom. The fraction of sp³-hybridized carbons (Fsp3) is 0.647. The molecule has 1 aliphatic carbocycles. The lowest BCUT2D eigenvalue weighted by Crippen LogP contribution is -2.47. The molecule has 1 saturated carbocycles. The van der Waals surface area contributed by atoms with Crippen molar-refractivity contribution in [1.29, 1.82) is 0 Å². The summed E-state index contributed by atoms with van der Waals surface area (Å²) in [6.45, 7) is 7.75. The smallest absolute Gasteiger partial charge is 0.119 e. The zero-order valence-electron chi connectivity index (χ0n) is 12.5. The summed E-state index contributed by atoms with van der Waals surface area (Å²) in [5.74, 6) is 1.78. The number of hydrogen-bond acceptors (Lipinski definition) is 2. The van der Waals surface area contributed by atoms with E-state index >= 15 is 0 Å². The van der Waals surface area contributed by atoms with E-state index in [1.165, 1.54) is 24.8 Å². The Labute approximate surface area is 117 Å². The van der Waals surface area contributed by atoms with Gasteiger partial charge in [0.05, 0.1) is 0 Å². The summed E-state index contributed by atoms with van der Waals surface area (Å²) < 4.78 is 6.23. The van der Waals surface area contributed by atoms with Gasteiger partial charge in [-0.3, -0.25) is 0 Å². The molecule has 1 fully saturated rings. The third kappa shape index (κ3) is 4.24. The van der Waals surface area contributed by atoms with Crippen LogP contribution in [0.4, 0.5) is 0 Å². The van der Waals surface area contributed by atoms with Crippen LogP contribution in [-0.4, -0.2) is 18.7 Å². The van der Waals surface area contributed by atoms with E-state index in [0.717, 1.165) is 24.6 Å². The average Bonchev–Trinajstić information content (AvgIpc) is 2.40. The zero-order valence-corrected chi connectivity index (χ0v) is 12.5. The summed E-state index contributed by atoms with van der Waals surface area (Å²) in [6.07, 6.45) is 5.21. The molecule has 0 bridgehead atoms. The van der Waals surface area contributed by atoms with Crippen molar-refractivity contribution in [3.8, 4) is 5.75 Å². The first-order valence-corrected chi connectivity index (χ1v) is 7.65. The highest BCUT2D eigenvalue weighted by Gasteiger charge is 2.29. The maximum Gasteiger partial charge on any atom is 0.119 e. The van der Waals surface area contributed by atoms with Crippen LogP contribution in [0, 0.1) is 12.8 Å². The van der Waals surface area contributed by atoms with Gasteiger partial charge >= 0.3 is 0 Å². The van der Waals surface area contributed by atoms with Crippen molar-refractivity contribution in [2.75, 3.05) is 6.54 Å². The van der Waals surface area contributed by atoms with Crippen LogP contribution < -0.4 is 10.1 Å². The van der Waals surface area contributed by atoms with Crippen molar-refractivity contribution in [3.05, 3.63) is 29.8 Å². The molecule has 3 unspecified atom stereocenters. The van der Waals surface area contributed by atoms with Crippen LogP contribution in [0.3, 0.4) is 0 Å². The number of nitrogens with one attached hydrogen (secondary N) is 1. The van der Waals surface area contributed by atoms with Gasteiger partial charge in [0.25, 0.3) is 0 Å². The summed E-state index contributed by atoms with van der Waals surface area (Å²) in [4.78, 5) is 0. The van der Waals surface area contributed by atoms with E-state index in [9.17, 15) is 0 Å². The van der Waals surface area contributed by atoms with Crippen molar-refractivity contribution < 1.29 is 4.74 Å². The number of hydrogen-bond donors (Lipinski definition) is 1. The number of rotatable bonds is 5. The minimum atomic E-state index is 0.318. The Hall–Kier alpha value is -1.02. The molecule has 0 saturated heterocycles. The normalized spacial score (nSPS) is 27.2. The van der Waals surface area contributed by atoms with Crippen LogP contribution in [0.1, 0.15) is 45.1 Å². The Morgan fingerprint density at radius 2 is 1.95 bits per heavy atom. The molecule has 106 valence electrons. The lowest BCUT2D eigenvalue weighted by atomic mass is 9.85. The second kappa shape index (κ2) is 6.95. The molecule has 1 aromatic rings. The van der Waals surface area contributed by atoms with Gasteiger partial charge in [0.1, 0.15) is 11.9 Å². The second-order valence-corrected chi connectivity index (χ2v) is 5.95. The third-order valence-electron chi connectivity index (χ3n) is 4.02. The van der Waals surface area contributed by atoms with Crippen molar-refractivity contribution in [2.45, 2.75) is 58.6 Å².